The first-order valence-electron chi connectivity index (χ1n) is 11.1. The molecule has 1 N–H and O–H groups in total. The van der Waals surface area contributed by atoms with Crippen molar-refractivity contribution in [2.45, 2.75) is 64.2 Å². The second-order valence-electron chi connectivity index (χ2n) is 7.82. The summed E-state index contributed by atoms with van der Waals surface area (Å²) in [6.45, 7) is 0. The number of hydrogen-bond acceptors (Lipinski definition) is 3. The Morgan fingerprint density at radius 1 is 0.733 bits per heavy atom. The van der Waals surface area contributed by atoms with Crippen molar-refractivity contribution in [2.24, 2.45) is 0 Å². The summed E-state index contributed by atoms with van der Waals surface area (Å²) in [7, 11) is 0. The molecule has 1 heterocycles. The van der Waals surface area contributed by atoms with E-state index in [9.17, 15) is 10.1 Å². The molecule has 30 heavy (non-hydrogen) atoms. The van der Waals surface area contributed by atoms with E-state index < -0.39 is 0 Å². The zero-order valence-corrected chi connectivity index (χ0v) is 17.6. The van der Waals surface area contributed by atoms with Gasteiger partial charge in [-0.05, 0) is 43.5 Å². The van der Waals surface area contributed by atoms with Crippen molar-refractivity contribution in [1.82, 2.24) is 0 Å². The van der Waals surface area contributed by atoms with Crippen molar-refractivity contribution in [3.8, 4) is 6.07 Å². The molecule has 4 heteroatoms. The van der Waals surface area contributed by atoms with Gasteiger partial charge in [0.05, 0.1) is 17.3 Å². The van der Waals surface area contributed by atoms with E-state index in [1.807, 2.05) is 60.7 Å². The van der Waals surface area contributed by atoms with Gasteiger partial charge in [0.15, 0.2) is 0 Å². The third kappa shape index (κ3) is 6.22. The second kappa shape index (κ2) is 11.8. The first kappa shape index (κ1) is 21.6. The Kier molecular flexibility index (Phi) is 8.53. The van der Waals surface area contributed by atoms with Crippen molar-refractivity contribution in [1.29, 1.82) is 5.26 Å². The molecule has 3 rings (SSSR count). The van der Waals surface area contributed by atoms with Gasteiger partial charge in [-0.2, -0.15) is 5.26 Å². The van der Waals surface area contributed by atoms with Crippen molar-refractivity contribution >= 4 is 17.3 Å². The Morgan fingerprint density at radius 3 is 1.87 bits per heavy atom. The third-order valence-electron chi connectivity index (χ3n) is 5.51. The predicted octanol–water partition coefficient (Wildman–Crippen LogP) is 6.78. The number of hydrogen-bond donors (Lipinski definition) is 1. The number of carbonyl (C=O) groups is 1. The van der Waals surface area contributed by atoms with Gasteiger partial charge in [-0.15, -0.1) is 0 Å². The molecule has 1 aliphatic rings. The highest BCUT2D eigenvalue weighted by atomic mass is 16.2. The van der Waals surface area contributed by atoms with Crippen LogP contribution in [0.25, 0.3) is 0 Å². The maximum absolute atomic E-state index is 13.4. The lowest BCUT2D eigenvalue weighted by atomic mass is 10.0. The highest BCUT2D eigenvalue weighted by molar-refractivity contribution is 5.97. The van der Waals surface area contributed by atoms with Crippen LogP contribution in [0.15, 0.2) is 72.1 Å². The summed E-state index contributed by atoms with van der Waals surface area (Å²) in [6.07, 6.45) is 10.0. The van der Waals surface area contributed by atoms with Gasteiger partial charge < -0.3 is 5.32 Å². The lowest BCUT2D eigenvalue weighted by molar-refractivity contribution is -0.118. The SMILES string of the molecule is N#CC1=C(Nc2ccccc2)N(c2ccccc2)C(=O)CCCCCCCCCC1. The molecule has 4 nitrogen and oxygen atoms in total. The summed E-state index contributed by atoms with van der Waals surface area (Å²) >= 11 is 0. The van der Waals surface area contributed by atoms with Crippen LogP contribution in [0, 0.1) is 11.3 Å². The van der Waals surface area contributed by atoms with Crippen LogP contribution < -0.4 is 10.2 Å². The molecule has 0 atom stereocenters. The van der Waals surface area contributed by atoms with Gasteiger partial charge in [-0.3, -0.25) is 9.69 Å². The Labute approximate surface area is 180 Å². The summed E-state index contributed by atoms with van der Waals surface area (Å²) in [5, 5.41) is 13.4. The fourth-order valence-electron chi connectivity index (χ4n) is 3.88. The van der Waals surface area contributed by atoms with Crippen LogP contribution in [0.1, 0.15) is 64.2 Å². The molecule has 0 aliphatic carbocycles. The molecule has 2 aromatic carbocycles. The summed E-state index contributed by atoms with van der Waals surface area (Å²) in [6, 6.07) is 21.8. The molecular formula is C26H31N3O. The van der Waals surface area contributed by atoms with E-state index >= 15 is 0 Å². The summed E-state index contributed by atoms with van der Waals surface area (Å²) in [5.74, 6) is 0.626. The Morgan fingerprint density at radius 2 is 1.27 bits per heavy atom. The van der Waals surface area contributed by atoms with Crippen molar-refractivity contribution in [2.75, 3.05) is 10.2 Å². The van der Waals surface area contributed by atoms with Gasteiger partial charge in [0, 0.05) is 12.1 Å². The summed E-state index contributed by atoms with van der Waals surface area (Å²) in [5.41, 5.74) is 2.30. The second-order valence-corrected chi connectivity index (χ2v) is 7.82. The first-order valence-corrected chi connectivity index (χ1v) is 11.1. The van der Waals surface area contributed by atoms with Gasteiger partial charge in [0.2, 0.25) is 5.91 Å². The number of nitrogens with zero attached hydrogens (tertiary/aromatic N) is 2. The minimum absolute atomic E-state index is 0.0319. The standard InChI is InChI=1S/C26H31N3O/c27-21-22-15-9-5-3-1-2-4-6-14-20-25(30)29(24-18-12-8-13-19-24)26(22)28-23-16-10-7-11-17-23/h7-8,10-13,16-19,28H,1-6,9,14-15,20H2. The molecule has 0 spiro atoms. The molecule has 1 amide bonds. The number of rotatable bonds is 3. The maximum Gasteiger partial charge on any atom is 0.232 e. The number of para-hydroxylation sites is 2. The van der Waals surface area contributed by atoms with E-state index in [0.717, 1.165) is 37.1 Å². The zero-order valence-electron chi connectivity index (χ0n) is 17.6. The van der Waals surface area contributed by atoms with Crippen LogP contribution in [0.4, 0.5) is 11.4 Å². The Balaban J connectivity index is 2.03. The number of allylic oxidation sites excluding steroid dienone is 1. The van der Waals surface area contributed by atoms with Gasteiger partial charge in [-0.1, -0.05) is 74.9 Å². The van der Waals surface area contributed by atoms with E-state index in [-0.39, 0.29) is 5.91 Å². The van der Waals surface area contributed by atoms with Gasteiger partial charge in [0.1, 0.15) is 5.82 Å². The van der Waals surface area contributed by atoms with E-state index in [1.165, 1.54) is 25.7 Å². The van der Waals surface area contributed by atoms with Crippen molar-refractivity contribution in [3.05, 3.63) is 72.1 Å². The molecule has 0 saturated carbocycles. The van der Waals surface area contributed by atoms with Crippen LogP contribution in [-0.2, 0) is 4.79 Å². The smallest absolute Gasteiger partial charge is 0.232 e. The molecule has 0 fully saturated rings. The lowest BCUT2D eigenvalue weighted by Gasteiger charge is -2.28. The number of nitrogens with one attached hydrogen (secondary N) is 1. The molecule has 156 valence electrons. The zero-order chi connectivity index (χ0) is 21.0. The lowest BCUT2D eigenvalue weighted by Crippen LogP contribution is -2.34. The fourth-order valence-corrected chi connectivity index (χ4v) is 3.88. The molecule has 0 aromatic heterocycles. The molecule has 0 bridgehead atoms. The fraction of sp³-hybridized carbons (Fsp3) is 0.385. The van der Waals surface area contributed by atoms with Gasteiger partial charge >= 0.3 is 0 Å². The van der Waals surface area contributed by atoms with E-state index in [1.54, 1.807) is 4.90 Å². The third-order valence-corrected chi connectivity index (χ3v) is 5.51. The van der Waals surface area contributed by atoms with E-state index in [2.05, 4.69) is 11.4 Å². The van der Waals surface area contributed by atoms with Crippen LogP contribution in [0.5, 0.6) is 0 Å². The van der Waals surface area contributed by atoms with Crippen LogP contribution in [0.2, 0.25) is 0 Å². The van der Waals surface area contributed by atoms with Crippen molar-refractivity contribution in [3.63, 3.8) is 0 Å². The van der Waals surface area contributed by atoms with Gasteiger partial charge in [-0.25, -0.2) is 0 Å². The van der Waals surface area contributed by atoms with Crippen molar-refractivity contribution < 1.29 is 4.79 Å². The molecule has 0 unspecified atom stereocenters. The number of amides is 1. The van der Waals surface area contributed by atoms with Crippen LogP contribution >= 0.6 is 0 Å². The normalized spacial score (nSPS) is 17.2. The monoisotopic (exact) mass is 401 g/mol. The van der Waals surface area contributed by atoms with Crippen LogP contribution in [0.3, 0.4) is 0 Å². The molecule has 1 aliphatic heterocycles. The minimum Gasteiger partial charge on any atom is -0.340 e. The number of anilines is 2. The number of benzene rings is 2. The average Bonchev–Trinajstić information content (AvgIpc) is 2.78. The molecule has 0 radical (unpaired) electrons. The minimum atomic E-state index is 0.0319. The number of carbonyl (C=O) groups excluding carboxylic acids is 1. The Hall–Kier alpha value is -3.06. The number of nitriles is 1. The summed E-state index contributed by atoms with van der Waals surface area (Å²) in [4.78, 5) is 15.1. The highest BCUT2D eigenvalue weighted by Gasteiger charge is 2.23. The molecular weight excluding hydrogens is 370 g/mol. The summed E-state index contributed by atoms with van der Waals surface area (Å²) < 4.78 is 0. The average molecular weight is 402 g/mol. The van der Waals surface area contributed by atoms with E-state index in [4.69, 9.17) is 0 Å². The van der Waals surface area contributed by atoms with E-state index in [0.29, 0.717) is 24.2 Å². The Bertz CT molecular complexity index is 868. The topological polar surface area (TPSA) is 56.1 Å². The van der Waals surface area contributed by atoms with Gasteiger partial charge in [0.25, 0.3) is 0 Å². The predicted molar refractivity (Wildman–Crippen MR) is 123 cm³/mol. The maximum atomic E-state index is 13.4. The van der Waals surface area contributed by atoms with Crippen LogP contribution in [-0.4, -0.2) is 5.91 Å². The largest absolute Gasteiger partial charge is 0.340 e. The first-order chi connectivity index (χ1) is 14.8. The quantitative estimate of drug-likeness (QED) is 0.616. The molecule has 0 saturated heterocycles. The highest BCUT2D eigenvalue weighted by Crippen LogP contribution is 2.27. The molecule has 2 aromatic rings.